The van der Waals surface area contributed by atoms with Crippen LogP contribution in [-0.2, 0) is 20.8 Å². The number of fused-ring (bicyclic) bond motifs is 2. The Balaban J connectivity index is 2.17. The monoisotopic (exact) mass is 593 g/mol. The van der Waals surface area contributed by atoms with Crippen LogP contribution >= 0.6 is 0 Å². The minimum atomic E-state index is -0.893. The lowest BCUT2D eigenvalue weighted by Gasteiger charge is -2.23. The summed E-state index contributed by atoms with van der Waals surface area (Å²) in [5, 5.41) is 10.4. The van der Waals surface area contributed by atoms with E-state index in [4.69, 9.17) is 19.9 Å². The van der Waals surface area contributed by atoms with Gasteiger partial charge in [0, 0.05) is 10.9 Å². The van der Waals surface area contributed by atoms with E-state index in [1.807, 2.05) is 0 Å². The van der Waals surface area contributed by atoms with Crippen LogP contribution in [0.2, 0.25) is 0 Å². The lowest BCUT2D eigenvalue weighted by molar-refractivity contribution is 0.00706. The number of nitrogens with zero attached hydrogens (tertiary/aromatic N) is 4. The van der Waals surface area contributed by atoms with Crippen molar-refractivity contribution in [2.24, 2.45) is 0 Å². The normalized spacial score (nSPS) is 12.5. The lowest BCUT2D eigenvalue weighted by Crippen LogP contribution is -2.28. The summed E-state index contributed by atoms with van der Waals surface area (Å²) >= 11 is 0. The number of nitrogen functional groups attached to an aromatic ring is 1. The average molecular weight is 594 g/mol. The van der Waals surface area contributed by atoms with Crippen LogP contribution in [0, 0.1) is 6.92 Å². The summed E-state index contributed by atoms with van der Waals surface area (Å²) in [5.41, 5.74) is 5.28. The molecule has 43 heavy (non-hydrogen) atoms. The van der Waals surface area contributed by atoms with Gasteiger partial charge in [-0.2, -0.15) is 0 Å². The van der Waals surface area contributed by atoms with Gasteiger partial charge < -0.3 is 25.1 Å². The number of imidazole rings is 1. The Labute approximate surface area is 249 Å². The molecule has 3 heterocycles. The molecule has 0 aliphatic heterocycles. The summed E-state index contributed by atoms with van der Waals surface area (Å²) in [6.07, 6.45) is -1.47. The van der Waals surface area contributed by atoms with E-state index in [1.54, 1.807) is 93.5 Å². The number of hydrogen-bond donors (Lipinski definition) is 2. The smallest absolute Gasteiger partial charge is 0.421 e. The molecule has 12 heteroatoms. The zero-order valence-electron chi connectivity index (χ0n) is 26.3. The van der Waals surface area contributed by atoms with Gasteiger partial charge in [0.15, 0.2) is 5.65 Å². The maximum Gasteiger partial charge on any atom is 0.421 e. The van der Waals surface area contributed by atoms with Gasteiger partial charge in [-0.1, -0.05) is 6.07 Å². The van der Waals surface area contributed by atoms with Gasteiger partial charge in [-0.3, -0.25) is 0 Å². The van der Waals surface area contributed by atoms with Gasteiger partial charge in [0.1, 0.15) is 39.5 Å². The molecular formula is C31H39N5O7. The second kappa shape index (κ2) is 10.7. The molecule has 230 valence electrons. The van der Waals surface area contributed by atoms with E-state index >= 15 is 0 Å². The third kappa shape index (κ3) is 6.48. The van der Waals surface area contributed by atoms with Gasteiger partial charge in [-0.15, -0.1) is 0 Å². The third-order valence-corrected chi connectivity index (χ3v) is 6.05. The Kier molecular flexibility index (Phi) is 7.82. The molecule has 4 aromatic rings. The number of anilines is 1. The highest BCUT2D eigenvalue weighted by Crippen LogP contribution is 2.39. The summed E-state index contributed by atoms with van der Waals surface area (Å²) < 4.78 is 19.6. The van der Waals surface area contributed by atoms with Crippen molar-refractivity contribution < 1.29 is 33.7 Å². The molecule has 3 aromatic heterocycles. The topological polar surface area (TPSA) is 161 Å². The fraction of sp³-hybridized carbons (Fsp3) is 0.452. The van der Waals surface area contributed by atoms with Crippen molar-refractivity contribution in [2.75, 3.05) is 5.73 Å². The Morgan fingerprint density at radius 3 is 1.93 bits per heavy atom. The number of esters is 1. The van der Waals surface area contributed by atoms with Crippen LogP contribution in [0.4, 0.5) is 15.4 Å². The Hall–Kier alpha value is -4.45. The molecule has 0 atom stereocenters. The number of rotatable bonds is 3. The fourth-order valence-corrected chi connectivity index (χ4v) is 4.57. The molecule has 0 amide bonds. The number of aliphatic hydroxyl groups is 1. The first-order valence-electron chi connectivity index (χ1n) is 13.8. The summed E-state index contributed by atoms with van der Waals surface area (Å²) in [4.78, 5) is 49.9. The number of nitrogens with two attached hydrogens (primary N) is 1. The molecule has 12 nitrogen and oxygen atoms in total. The SMILES string of the molecule is Cc1nc2c(-c3cc4cc(CO)ccc4n3C(=O)OC(C)(C)C)c(C(=O)OC(C)(C)C)c(N)nc2n1C(=O)OC(C)(C)C. The first-order chi connectivity index (χ1) is 19.7. The highest BCUT2D eigenvalue weighted by Gasteiger charge is 2.34. The maximum absolute atomic E-state index is 13.8. The maximum atomic E-state index is 13.8. The minimum Gasteiger partial charge on any atom is -0.456 e. The van der Waals surface area contributed by atoms with Gasteiger partial charge in [0.25, 0.3) is 0 Å². The molecule has 0 radical (unpaired) electrons. The number of ether oxygens (including phenoxy) is 3. The van der Waals surface area contributed by atoms with Gasteiger partial charge in [0.2, 0.25) is 0 Å². The van der Waals surface area contributed by atoms with Crippen LogP contribution in [-0.4, -0.2) is 59.2 Å². The van der Waals surface area contributed by atoms with Gasteiger partial charge in [-0.25, -0.2) is 33.5 Å². The van der Waals surface area contributed by atoms with E-state index in [0.717, 1.165) is 0 Å². The average Bonchev–Trinajstić information content (AvgIpc) is 3.36. The van der Waals surface area contributed by atoms with Crippen LogP contribution in [0.3, 0.4) is 0 Å². The van der Waals surface area contributed by atoms with E-state index in [-0.39, 0.29) is 46.2 Å². The quantitative estimate of drug-likeness (QED) is 0.214. The molecule has 0 saturated heterocycles. The molecule has 0 unspecified atom stereocenters. The molecule has 0 aliphatic carbocycles. The second-order valence-corrected chi connectivity index (χ2v) is 13.3. The molecular weight excluding hydrogens is 554 g/mol. The first kappa shape index (κ1) is 31.5. The Morgan fingerprint density at radius 2 is 1.40 bits per heavy atom. The fourth-order valence-electron chi connectivity index (χ4n) is 4.57. The van der Waals surface area contributed by atoms with Crippen molar-refractivity contribution >= 4 is 46.0 Å². The van der Waals surface area contributed by atoms with Crippen LogP contribution in [0.1, 0.15) is 84.1 Å². The van der Waals surface area contributed by atoms with E-state index in [1.165, 1.54) is 9.13 Å². The predicted molar refractivity (Wildman–Crippen MR) is 162 cm³/mol. The van der Waals surface area contributed by atoms with Crippen LogP contribution in [0.15, 0.2) is 24.3 Å². The van der Waals surface area contributed by atoms with Gasteiger partial charge in [0.05, 0.1) is 17.8 Å². The molecule has 0 bridgehead atoms. The molecule has 1 aromatic carbocycles. The Bertz CT molecular complexity index is 1760. The Morgan fingerprint density at radius 1 is 0.837 bits per heavy atom. The summed E-state index contributed by atoms with van der Waals surface area (Å²) in [5.74, 6) is -0.810. The van der Waals surface area contributed by atoms with E-state index < -0.39 is 35.0 Å². The molecule has 0 aliphatic rings. The predicted octanol–water partition coefficient (Wildman–Crippen LogP) is 5.96. The zero-order valence-corrected chi connectivity index (χ0v) is 26.3. The van der Waals surface area contributed by atoms with E-state index in [2.05, 4.69) is 9.97 Å². The number of benzene rings is 1. The molecule has 0 saturated carbocycles. The number of aryl methyl sites for hydroxylation is 1. The van der Waals surface area contributed by atoms with E-state index in [9.17, 15) is 19.5 Å². The molecule has 0 spiro atoms. The molecule has 4 rings (SSSR count). The standard InChI is InChI=1S/C31H39N5O7/c1-16-33-23-21(20-14-18-13-17(15-37)11-12-19(18)36(20)28(40)43-31(8,9)10)22(26(38)41-29(2,3)4)24(32)34-25(23)35(16)27(39)42-30(5,6)7/h11-14,37H,15H2,1-10H3,(H2,32,34). The van der Waals surface area contributed by atoms with Crippen molar-refractivity contribution in [3.63, 3.8) is 0 Å². The van der Waals surface area contributed by atoms with Crippen LogP contribution < -0.4 is 5.73 Å². The molecule has 3 N–H and O–H groups in total. The first-order valence-corrected chi connectivity index (χ1v) is 13.8. The van der Waals surface area contributed by atoms with Crippen molar-refractivity contribution in [3.8, 4) is 11.3 Å². The number of carbonyl (C=O) groups is 3. The van der Waals surface area contributed by atoms with Crippen molar-refractivity contribution in [3.05, 3.63) is 41.2 Å². The van der Waals surface area contributed by atoms with E-state index in [0.29, 0.717) is 16.5 Å². The van der Waals surface area contributed by atoms with Crippen LogP contribution in [0.5, 0.6) is 0 Å². The molecule has 0 fully saturated rings. The lowest BCUT2D eigenvalue weighted by atomic mass is 10.0. The van der Waals surface area contributed by atoms with Crippen molar-refractivity contribution in [2.45, 2.75) is 92.6 Å². The second-order valence-electron chi connectivity index (χ2n) is 13.3. The van der Waals surface area contributed by atoms with Crippen LogP contribution in [0.25, 0.3) is 33.3 Å². The summed E-state index contributed by atoms with van der Waals surface area (Å²) in [7, 11) is 0. The minimum absolute atomic E-state index is 0.0311. The number of carbonyl (C=O) groups excluding carboxylic acids is 3. The number of aliphatic hydroxyl groups excluding tert-OH is 1. The highest BCUT2D eigenvalue weighted by molar-refractivity contribution is 6.12. The van der Waals surface area contributed by atoms with Crippen molar-refractivity contribution in [1.29, 1.82) is 0 Å². The van der Waals surface area contributed by atoms with Gasteiger partial charge in [-0.05, 0) is 93.0 Å². The summed E-state index contributed by atoms with van der Waals surface area (Å²) in [6.45, 7) is 16.9. The summed E-state index contributed by atoms with van der Waals surface area (Å²) in [6, 6.07) is 6.74. The van der Waals surface area contributed by atoms with Crippen molar-refractivity contribution in [1.82, 2.24) is 19.1 Å². The third-order valence-electron chi connectivity index (χ3n) is 6.05. The van der Waals surface area contributed by atoms with Gasteiger partial charge >= 0.3 is 18.2 Å². The zero-order chi connectivity index (χ0) is 32.2. The largest absolute Gasteiger partial charge is 0.456 e. The number of pyridine rings is 1. The number of hydrogen-bond acceptors (Lipinski definition) is 10. The highest BCUT2D eigenvalue weighted by atomic mass is 16.6. The number of aromatic nitrogens is 4.